The number of carbonyl (C=O) groups excluding carboxylic acids is 1. The average molecular weight is 452 g/mol. The van der Waals surface area contributed by atoms with Crippen molar-refractivity contribution in [2.75, 3.05) is 17.2 Å². The van der Waals surface area contributed by atoms with Gasteiger partial charge in [0.2, 0.25) is 0 Å². The van der Waals surface area contributed by atoms with Gasteiger partial charge in [0.05, 0.1) is 18.3 Å². The van der Waals surface area contributed by atoms with Crippen LogP contribution in [-0.2, 0) is 9.53 Å². The van der Waals surface area contributed by atoms with Crippen molar-refractivity contribution < 1.29 is 9.53 Å². The van der Waals surface area contributed by atoms with Gasteiger partial charge in [-0.25, -0.2) is 10.4 Å². The third kappa shape index (κ3) is 4.13. The minimum Gasteiger partial charge on any atom is -0.464 e. The molecule has 6 rings (SSSR count). The second-order valence-electron chi connectivity index (χ2n) is 10.0. The summed E-state index contributed by atoms with van der Waals surface area (Å²) in [7, 11) is 0. The summed E-state index contributed by atoms with van der Waals surface area (Å²) >= 11 is 0. The Morgan fingerprint density at radius 3 is 2.70 bits per heavy atom. The normalized spacial score (nSPS) is 34.4. The standard InChI is InChI=1S/C24H33N7O2/c1-14-10-22(30-29-14)27-21-13-19-18(6-3-8-25-19)23(28-21)26-15-11-16-4-2-5-17(12-15)31(16)20-7-9-33-24(20)32/h3,6,8,13-17,20,22,29-30H,2,4-5,7,9-12H2,1H3,(H2,26,27,28)/t14?,15?,16-,17+,20-,22?/m0/s1. The molecule has 2 aromatic heterocycles. The summed E-state index contributed by atoms with van der Waals surface area (Å²) in [5, 5.41) is 8.33. The van der Waals surface area contributed by atoms with Crippen LogP contribution in [0.15, 0.2) is 24.4 Å². The van der Waals surface area contributed by atoms with Crippen molar-refractivity contribution in [1.29, 1.82) is 0 Å². The molecule has 0 radical (unpaired) electrons. The van der Waals surface area contributed by atoms with Gasteiger partial charge < -0.3 is 15.4 Å². The summed E-state index contributed by atoms with van der Waals surface area (Å²) in [5.74, 6) is 1.68. The van der Waals surface area contributed by atoms with E-state index in [1.54, 1.807) is 0 Å². The minimum atomic E-state index is -0.0492. The molecule has 9 nitrogen and oxygen atoms in total. The molecule has 3 unspecified atom stereocenters. The fourth-order valence-electron chi connectivity index (χ4n) is 6.24. The summed E-state index contributed by atoms with van der Waals surface area (Å²) in [6.07, 6.45) is 9.36. The topological polar surface area (TPSA) is 103 Å². The fraction of sp³-hybridized carbons (Fsp3) is 0.625. The molecule has 0 aromatic carbocycles. The number of cyclic esters (lactones) is 1. The van der Waals surface area contributed by atoms with Crippen molar-refractivity contribution in [1.82, 2.24) is 25.7 Å². The number of fused-ring (bicyclic) bond motifs is 3. The molecule has 0 spiro atoms. The molecule has 0 aliphatic carbocycles. The number of carbonyl (C=O) groups is 1. The largest absolute Gasteiger partial charge is 0.464 e. The summed E-state index contributed by atoms with van der Waals surface area (Å²) in [6.45, 7) is 2.72. The Morgan fingerprint density at radius 2 is 1.97 bits per heavy atom. The van der Waals surface area contributed by atoms with Gasteiger partial charge in [0, 0.05) is 48.2 Å². The maximum atomic E-state index is 12.3. The average Bonchev–Trinajstić information content (AvgIpc) is 3.40. The van der Waals surface area contributed by atoms with Gasteiger partial charge in [-0.05, 0) is 51.2 Å². The molecule has 4 saturated heterocycles. The number of nitrogens with one attached hydrogen (secondary N) is 4. The SMILES string of the molecule is CC1CC(Nc2cc3ncccc3c(NC3C[C@H]4CCC[C@@H](C3)N4[C@H]3CCOC3=O)n2)NN1. The number of rotatable bonds is 5. The van der Waals surface area contributed by atoms with Crippen LogP contribution in [0.3, 0.4) is 0 Å². The predicted octanol–water partition coefficient (Wildman–Crippen LogP) is 2.37. The number of hydrogen-bond acceptors (Lipinski definition) is 9. The van der Waals surface area contributed by atoms with Crippen molar-refractivity contribution in [3.63, 3.8) is 0 Å². The van der Waals surface area contributed by atoms with Gasteiger partial charge >= 0.3 is 5.97 Å². The zero-order valence-corrected chi connectivity index (χ0v) is 19.1. The molecule has 33 heavy (non-hydrogen) atoms. The maximum absolute atomic E-state index is 12.3. The van der Waals surface area contributed by atoms with Crippen LogP contribution in [0.5, 0.6) is 0 Å². The van der Waals surface area contributed by atoms with Crippen LogP contribution in [0.4, 0.5) is 11.6 Å². The van der Waals surface area contributed by atoms with Gasteiger partial charge in [-0.15, -0.1) is 0 Å². The van der Waals surface area contributed by atoms with Gasteiger partial charge in [0.25, 0.3) is 0 Å². The van der Waals surface area contributed by atoms with E-state index < -0.39 is 0 Å². The first kappa shape index (κ1) is 21.1. The number of esters is 1. The molecule has 4 aliphatic heterocycles. The van der Waals surface area contributed by atoms with E-state index in [0.29, 0.717) is 30.8 Å². The molecule has 2 aromatic rings. The lowest BCUT2D eigenvalue weighted by atomic mass is 9.80. The summed E-state index contributed by atoms with van der Waals surface area (Å²) < 4.78 is 5.30. The van der Waals surface area contributed by atoms with Crippen LogP contribution in [-0.4, -0.2) is 63.8 Å². The lowest BCUT2D eigenvalue weighted by molar-refractivity contribution is -0.145. The molecule has 0 saturated carbocycles. The first-order valence-corrected chi connectivity index (χ1v) is 12.4. The van der Waals surface area contributed by atoms with Gasteiger partial charge in [-0.1, -0.05) is 6.42 Å². The predicted molar refractivity (Wildman–Crippen MR) is 127 cm³/mol. The Bertz CT molecular complexity index is 1020. The third-order valence-electron chi connectivity index (χ3n) is 7.65. The number of hydrazine groups is 1. The zero-order valence-electron chi connectivity index (χ0n) is 19.1. The lowest BCUT2D eigenvalue weighted by Gasteiger charge is -2.50. The Morgan fingerprint density at radius 1 is 1.12 bits per heavy atom. The molecule has 6 heterocycles. The Balaban J connectivity index is 1.23. The van der Waals surface area contributed by atoms with E-state index in [1.165, 1.54) is 6.42 Å². The van der Waals surface area contributed by atoms with E-state index in [-0.39, 0.29) is 18.2 Å². The van der Waals surface area contributed by atoms with Crippen molar-refractivity contribution in [3.8, 4) is 0 Å². The van der Waals surface area contributed by atoms with Gasteiger partial charge in [-0.3, -0.25) is 20.1 Å². The van der Waals surface area contributed by atoms with Crippen molar-refractivity contribution >= 4 is 28.5 Å². The van der Waals surface area contributed by atoms with E-state index in [9.17, 15) is 4.79 Å². The number of ether oxygens (including phenoxy) is 1. The lowest BCUT2D eigenvalue weighted by Crippen LogP contribution is -2.59. The monoisotopic (exact) mass is 451 g/mol. The van der Waals surface area contributed by atoms with Crippen LogP contribution in [0.2, 0.25) is 0 Å². The van der Waals surface area contributed by atoms with Crippen LogP contribution in [0, 0.1) is 0 Å². The Hall–Kier alpha value is -2.49. The van der Waals surface area contributed by atoms with Gasteiger partial charge in [0.1, 0.15) is 17.7 Å². The number of hydrogen-bond donors (Lipinski definition) is 4. The first-order valence-electron chi connectivity index (χ1n) is 12.4. The molecule has 6 atom stereocenters. The molecule has 2 bridgehead atoms. The summed E-state index contributed by atoms with van der Waals surface area (Å²) in [4.78, 5) is 24.4. The van der Waals surface area contributed by atoms with Crippen LogP contribution in [0.1, 0.15) is 51.9 Å². The Labute approximate surface area is 194 Å². The van der Waals surface area contributed by atoms with Crippen LogP contribution in [0.25, 0.3) is 10.9 Å². The highest BCUT2D eigenvalue weighted by atomic mass is 16.5. The highest BCUT2D eigenvalue weighted by molar-refractivity contribution is 5.91. The van der Waals surface area contributed by atoms with Crippen molar-refractivity contribution in [2.24, 2.45) is 0 Å². The second-order valence-corrected chi connectivity index (χ2v) is 10.0. The fourth-order valence-corrected chi connectivity index (χ4v) is 6.24. The van der Waals surface area contributed by atoms with Gasteiger partial charge in [-0.2, -0.15) is 0 Å². The Kier molecular flexibility index (Phi) is 5.55. The highest BCUT2D eigenvalue weighted by Gasteiger charge is 2.46. The van der Waals surface area contributed by atoms with Crippen LogP contribution < -0.4 is 21.5 Å². The molecule has 0 amide bonds. The summed E-state index contributed by atoms with van der Waals surface area (Å²) in [6, 6.07) is 7.62. The smallest absolute Gasteiger partial charge is 0.323 e. The van der Waals surface area contributed by atoms with E-state index >= 15 is 0 Å². The van der Waals surface area contributed by atoms with E-state index in [4.69, 9.17) is 9.72 Å². The maximum Gasteiger partial charge on any atom is 0.323 e. The number of aromatic nitrogens is 2. The second kappa shape index (κ2) is 8.70. The molecular formula is C24H33N7O2. The highest BCUT2D eigenvalue weighted by Crippen LogP contribution is 2.39. The van der Waals surface area contributed by atoms with Crippen LogP contribution >= 0.6 is 0 Å². The molecule has 4 aliphatic rings. The third-order valence-corrected chi connectivity index (χ3v) is 7.65. The number of pyridine rings is 2. The molecular weight excluding hydrogens is 418 g/mol. The number of piperidine rings is 2. The summed E-state index contributed by atoms with van der Waals surface area (Å²) in [5.41, 5.74) is 7.46. The van der Waals surface area contributed by atoms with Gasteiger partial charge in [0.15, 0.2) is 0 Å². The first-order chi connectivity index (χ1) is 16.1. The van der Waals surface area contributed by atoms with E-state index in [2.05, 4.69) is 44.4 Å². The minimum absolute atomic E-state index is 0.0276. The van der Waals surface area contributed by atoms with E-state index in [1.807, 2.05) is 18.3 Å². The van der Waals surface area contributed by atoms with Crippen molar-refractivity contribution in [2.45, 2.75) is 88.2 Å². The zero-order chi connectivity index (χ0) is 22.4. The quantitative estimate of drug-likeness (QED) is 0.510. The van der Waals surface area contributed by atoms with Crippen molar-refractivity contribution in [3.05, 3.63) is 24.4 Å². The molecule has 4 fully saturated rings. The molecule has 176 valence electrons. The number of nitrogens with zero attached hydrogens (tertiary/aromatic N) is 3. The molecule has 4 N–H and O–H groups in total. The van der Waals surface area contributed by atoms with E-state index in [0.717, 1.165) is 61.1 Å². The molecule has 9 heteroatoms. The number of anilines is 2.